The molecule has 0 saturated carbocycles. The van der Waals surface area contributed by atoms with Gasteiger partial charge in [0.25, 0.3) is 11.8 Å². The molecule has 0 aromatic heterocycles. The van der Waals surface area contributed by atoms with Crippen molar-refractivity contribution in [2.24, 2.45) is 5.92 Å². The highest BCUT2D eigenvalue weighted by molar-refractivity contribution is 9.10. The van der Waals surface area contributed by atoms with Gasteiger partial charge in [0.15, 0.2) is 12.4 Å². The Bertz CT molecular complexity index is 1070. The molecule has 0 radical (unpaired) electrons. The number of hydrogen-bond acceptors (Lipinski definition) is 4. The van der Waals surface area contributed by atoms with Crippen LogP contribution in [0.4, 0.5) is 0 Å². The summed E-state index contributed by atoms with van der Waals surface area (Å²) in [5.74, 6) is 0.386. The highest BCUT2D eigenvalue weighted by atomic mass is 79.9. The van der Waals surface area contributed by atoms with Crippen molar-refractivity contribution in [1.29, 1.82) is 0 Å². The molecule has 2 amide bonds. The molecule has 2 unspecified atom stereocenters. The Morgan fingerprint density at radius 3 is 2.78 bits per heavy atom. The van der Waals surface area contributed by atoms with Crippen LogP contribution in [0.15, 0.2) is 57.7 Å². The molecule has 1 aromatic carbocycles. The zero-order valence-electron chi connectivity index (χ0n) is 18.5. The summed E-state index contributed by atoms with van der Waals surface area (Å²) >= 11 is 3.55. The van der Waals surface area contributed by atoms with Crippen LogP contribution < -0.4 is 10.1 Å². The minimum Gasteiger partial charge on any atom is -0.483 e. The fourth-order valence-corrected chi connectivity index (χ4v) is 5.15. The summed E-state index contributed by atoms with van der Waals surface area (Å²) in [4.78, 5) is 39.4. The number of ketones is 1. The number of carbonyl (C=O) groups excluding carboxylic acids is 3. The molecule has 2 heterocycles. The second-order valence-corrected chi connectivity index (χ2v) is 9.49. The highest BCUT2D eigenvalue weighted by Gasteiger charge is 2.50. The number of nitrogens with one attached hydrogen (secondary N) is 1. The molecule has 32 heavy (non-hydrogen) atoms. The fourth-order valence-electron chi connectivity index (χ4n) is 4.64. The van der Waals surface area contributed by atoms with E-state index < -0.39 is 6.04 Å². The van der Waals surface area contributed by atoms with Gasteiger partial charge in [-0.3, -0.25) is 14.4 Å². The van der Waals surface area contributed by atoms with Crippen LogP contribution in [0.1, 0.15) is 45.1 Å². The van der Waals surface area contributed by atoms with E-state index in [2.05, 4.69) is 27.3 Å². The molecule has 6 nitrogen and oxygen atoms in total. The van der Waals surface area contributed by atoms with Crippen LogP contribution in [0.25, 0.3) is 0 Å². The molecule has 1 fully saturated rings. The smallest absolute Gasteiger partial charge is 0.259 e. The SMILES string of the molecule is CCCNC(=O)COc1ccc(C2C=CC=C3C(=O)N4C(=C32)CC(=O)C4C(C)C)cc1Br. The van der Waals surface area contributed by atoms with Crippen LogP contribution in [0.5, 0.6) is 5.75 Å². The third-order valence-electron chi connectivity index (χ3n) is 6.05. The van der Waals surface area contributed by atoms with Crippen molar-refractivity contribution >= 4 is 33.5 Å². The van der Waals surface area contributed by atoms with E-state index in [9.17, 15) is 14.4 Å². The molecule has 3 aliphatic rings. The lowest BCUT2D eigenvalue weighted by molar-refractivity contribution is -0.131. The third kappa shape index (κ3) is 3.94. The van der Waals surface area contributed by atoms with Crippen molar-refractivity contribution in [3.63, 3.8) is 0 Å². The van der Waals surface area contributed by atoms with Crippen molar-refractivity contribution in [3.8, 4) is 5.75 Å². The maximum Gasteiger partial charge on any atom is 0.259 e. The second kappa shape index (κ2) is 9.06. The molecule has 1 saturated heterocycles. The van der Waals surface area contributed by atoms with Gasteiger partial charge in [0.2, 0.25) is 0 Å². The van der Waals surface area contributed by atoms with Gasteiger partial charge in [0.05, 0.1) is 10.5 Å². The Morgan fingerprint density at radius 2 is 2.09 bits per heavy atom. The van der Waals surface area contributed by atoms with E-state index in [4.69, 9.17) is 4.74 Å². The van der Waals surface area contributed by atoms with Crippen molar-refractivity contribution in [1.82, 2.24) is 10.2 Å². The van der Waals surface area contributed by atoms with Crippen LogP contribution in [-0.4, -0.2) is 41.7 Å². The van der Waals surface area contributed by atoms with E-state index >= 15 is 0 Å². The summed E-state index contributed by atoms with van der Waals surface area (Å²) in [7, 11) is 0. The molecule has 1 aromatic rings. The second-order valence-electron chi connectivity index (χ2n) is 8.64. The number of allylic oxidation sites excluding steroid dienone is 4. The number of rotatable bonds is 7. The van der Waals surface area contributed by atoms with E-state index in [0.717, 1.165) is 27.7 Å². The van der Waals surface area contributed by atoms with Gasteiger partial charge in [-0.2, -0.15) is 0 Å². The maximum atomic E-state index is 13.2. The van der Waals surface area contributed by atoms with Crippen LogP contribution in [0.3, 0.4) is 0 Å². The normalized spacial score (nSPS) is 21.8. The highest BCUT2D eigenvalue weighted by Crippen LogP contribution is 2.48. The molecule has 2 atom stereocenters. The van der Waals surface area contributed by atoms with Gasteiger partial charge in [-0.25, -0.2) is 0 Å². The summed E-state index contributed by atoms with van der Waals surface area (Å²) in [5, 5.41) is 2.79. The maximum absolute atomic E-state index is 13.2. The molecule has 1 aliphatic carbocycles. The van der Waals surface area contributed by atoms with Crippen molar-refractivity contribution < 1.29 is 19.1 Å². The molecule has 168 valence electrons. The fraction of sp³-hybridized carbons (Fsp3) is 0.400. The molecule has 1 N–H and O–H groups in total. The first-order valence-corrected chi connectivity index (χ1v) is 11.8. The van der Waals surface area contributed by atoms with E-state index in [1.165, 1.54) is 0 Å². The lowest BCUT2D eigenvalue weighted by atomic mass is 9.82. The summed E-state index contributed by atoms with van der Waals surface area (Å²) in [6.07, 6.45) is 6.98. The predicted molar refractivity (Wildman–Crippen MR) is 125 cm³/mol. The van der Waals surface area contributed by atoms with Gasteiger partial charge in [0.1, 0.15) is 5.75 Å². The lowest BCUT2D eigenvalue weighted by Crippen LogP contribution is -2.39. The molecular weight excluding hydrogens is 472 g/mol. The number of ether oxygens (including phenoxy) is 1. The number of halogens is 1. The number of benzene rings is 1. The minimum atomic E-state index is -0.390. The van der Waals surface area contributed by atoms with Gasteiger partial charge < -0.3 is 15.0 Å². The summed E-state index contributed by atoms with van der Waals surface area (Å²) in [6, 6.07) is 5.33. The zero-order chi connectivity index (χ0) is 23.0. The van der Waals surface area contributed by atoms with Gasteiger partial charge in [0, 0.05) is 30.2 Å². The molecule has 4 rings (SSSR count). The standard InChI is InChI=1S/C25H27BrN2O4/c1-4-10-27-22(30)13-32-21-9-8-15(11-18(21)26)16-6-5-7-17-23(16)19-12-20(29)24(14(2)3)28(19)25(17)31/h5-9,11,14,16,24H,4,10,12-13H2,1-3H3,(H,27,30). The molecular formula is C25H27BrN2O4. The number of hydrogen-bond donors (Lipinski definition) is 1. The first-order valence-electron chi connectivity index (χ1n) is 11.0. The quantitative estimate of drug-likeness (QED) is 0.615. The minimum absolute atomic E-state index is 0.0500. The average Bonchev–Trinajstić information content (AvgIpc) is 3.24. The van der Waals surface area contributed by atoms with Crippen molar-refractivity contribution in [2.45, 2.75) is 45.6 Å². The lowest BCUT2D eigenvalue weighted by Gasteiger charge is -2.23. The van der Waals surface area contributed by atoms with Crippen molar-refractivity contribution in [3.05, 3.63) is 63.3 Å². The van der Waals surface area contributed by atoms with Crippen molar-refractivity contribution in [2.75, 3.05) is 13.2 Å². The van der Waals surface area contributed by atoms with E-state index in [-0.39, 0.29) is 36.0 Å². The van der Waals surface area contributed by atoms with Crippen LogP contribution in [0.2, 0.25) is 0 Å². The molecule has 0 bridgehead atoms. The van der Waals surface area contributed by atoms with E-state index in [1.54, 1.807) is 4.90 Å². The summed E-state index contributed by atoms with van der Waals surface area (Å²) in [6.45, 7) is 6.53. The zero-order valence-corrected chi connectivity index (χ0v) is 20.1. The van der Waals surface area contributed by atoms with Gasteiger partial charge >= 0.3 is 0 Å². The van der Waals surface area contributed by atoms with Crippen LogP contribution in [-0.2, 0) is 14.4 Å². The molecule has 2 aliphatic heterocycles. The van der Waals surface area contributed by atoms with E-state index in [0.29, 0.717) is 24.3 Å². The third-order valence-corrected chi connectivity index (χ3v) is 6.67. The number of fused-ring (bicyclic) bond motifs is 2. The number of carbonyl (C=O) groups is 3. The van der Waals surface area contributed by atoms with E-state index in [1.807, 2.05) is 51.1 Å². The molecule has 7 heteroatoms. The molecule has 0 spiro atoms. The predicted octanol–water partition coefficient (Wildman–Crippen LogP) is 4.03. The topological polar surface area (TPSA) is 75.7 Å². The monoisotopic (exact) mass is 498 g/mol. The Hall–Kier alpha value is -2.67. The summed E-state index contributed by atoms with van der Waals surface area (Å²) in [5.41, 5.74) is 3.42. The Balaban J connectivity index is 1.60. The summed E-state index contributed by atoms with van der Waals surface area (Å²) < 4.78 is 6.39. The Kier molecular flexibility index (Phi) is 6.38. The average molecular weight is 499 g/mol. The van der Waals surface area contributed by atoms with Crippen LogP contribution in [0, 0.1) is 5.92 Å². The van der Waals surface area contributed by atoms with Gasteiger partial charge in [-0.05, 0) is 57.6 Å². The van der Waals surface area contributed by atoms with Crippen LogP contribution >= 0.6 is 15.9 Å². The first-order chi connectivity index (χ1) is 15.3. The van der Waals surface area contributed by atoms with Gasteiger partial charge in [-0.1, -0.05) is 39.0 Å². The number of nitrogens with zero attached hydrogens (tertiary/aromatic N) is 1. The number of Topliss-reactive ketones (excluding diaryl/α,β-unsaturated/α-hetero) is 1. The van der Waals surface area contributed by atoms with Gasteiger partial charge in [-0.15, -0.1) is 0 Å². The largest absolute Gasteiger partial charge is 0.483 e. The first kappa shape index (κ1) is 22.5. The number of amides is 2. The Morgan fingerprint density at radius 1 is 1.31 bits per heavy atom. The Labute approximate surface area is 196 Å².